The minimum absolute atomic E-state index is 0.0785. The van der Waals surface area contributed by atoms with Crippen molar-refractivity contribution in [1.82, 2.24) is 10.6 Å². The lowest BCUT2D eigenvalue weighted by atomic mass is 10.3. The Morgan fingerprint density at radius 2 is 2.07 bits per heavy atom. The monoisotopic (exact) mass is 393 g/mol. The number of nitrogens with zero attached hydrogens (tertiary/aromatic N) is 1. The molecule has 8 heteroatoms. The van der Waals surface area contributed by atoms with Gasteiger partial charge in [-0.2, -0.15) is 0 Å². The maximum absolute atomic E-state index is 12.9. The van der Waals surface area contributed by atoms with Gasteiger partial charge in [-0.1, -0.05) is 0 Å². The highest BCUT2D eigenvalue weighted by atomic mass is 19.1. The smallest absolute Gasteiger partial charge is 0.191 e. The number of rotatable bonds is 12. The molecule has 0 aliphatic carbocycles. The van der Waals surface area contributed by atoms with Crippen molar-refractivity contribution >= 4 is 5.96 Å². The molecule has 0 fully saturated rings. The zero-order chi connectivity index (χ0) is 20.0. The van der Waals surface area contributed by atoms with E-state index in [1.165, 1.54) is 24.3 Å². The molecular formula is C20H28FN3O4. The molecule has 0 saturated heterocycles. The summed E-state index contributed by atoms with van der Waals surface area (Å²) in [6.45, 7) is 4.69. The predicted molar refractivity (Wildman–Crippen MR) is 105 cm³/mol. The number of furan rings is 1. The van der Waals surface area contributed by atoms with Gasteiger partial charge < -0.3 is 29.6 Å². The number of hydrogen-bond donors (Lipinski definition) is 3. The Morgan fingerprint density at radius 1 is 1.25 bits per heavy atom. The van der Waals surface area contributed by atoms with Crippen LogP contribution in [0.3, 0.4) is 0 Å². The van der Waals surface area contributed by atoms with Crippen molar-refractivity contribution in [3.63, 3.8) is 0 Å². The van der Waals surface area contributed by atoms with Crippen LogP contribution in [0, 0.1) is 5.82 Å². The van der Waals surface area contributed by atoms with E-state index in [1.807, 2.05) is 19.1 Å². The summed E-state index contributed by atoms with van der Waals surface area (Å²) >= 11 is 0. The van der Waals surface area contributed by atoms with Gasteiger partial charge in [0, 0.05) is 19.7 Å². The lowest BCUT2D eigenvalue weighted by Gasteiger charge is -2.14. The van der Waals surface area contributed by atoms with Crippen LogP contribution < -0.4 is 15.4 Å². The van der Waals surface area contributed by atoms with E-state index in [9.17, 15) is 9.50 Å². The molecule has 1 aromatic carbocycles. The van der Waals surface area contributed by atoms with Crippen LogP contribution in [0.5, 0.6) is 5.75 Å². The first-order valence-corrected chi connectivity index (χ1v) is 9.36. The van der Waals surface area contributed by atoms with Gasteiger partial charge in [0.1, 0.15) is 36.6 Å². The van der Waals surface area contributed by atoms with Gasteiger partial charge in [-0.25, -0.2) is 4.39 Å². The summed E-state index contributed by atoms with van der Waals surface area (Å²) in [6.07, 6.45) is 1.66. The van der Waals surface area contributed by atoms with Crippen LogP contribution in [0.2, 0.25) is 0 Å². The van der Waals surface area contributed by atoms with Crippen molar-refractivity contribution in [1.29, 1.82) is 0 Å². The van der Waals surface area contributed by atoms with Gasteiger partial charge in [-0.15, -0.1) is 0 Å². The molecule has 3 N–H and O–H groups in total. The average Bonchev–Trinajstić information content (AvgIpc) is 3.21. The molecule has 0 radical (unpaired) electrons. The van der Waals surface area contributed by atoms with Gasteiger partial charge in [0.15, 0.2) is 5.96 Å². The predicted octanol–water partition coefficient (Wildman–Crippen LogP) is 2.32. The van der Waals surface area contributed by atoms with Gasteiger partial charge in [-0.05, 0) is 49.7 Å². The zero-order valence-electron chi connectivity index (χ0n) is 16.1. The molecule has 1 heterocycles. The minimum Gasteiger partial charge on any atom is -0.491 e. The molecule has 1 atom stereocenters. The highest BCUT2D eigenvalue weighted by Crippen LogP contribution is 2.11. The van der Waals surface area contributed by atoms with Gasteiger partial charge in [0.2, 0.25) is 0 Å². The fourth-order valence-electron chi connectivity index (χ4n) is 2.26. The standard InChI is InChI=1S/C20H28FN3O4/c1-2-22-20(23-10-4-11-26-15-19-5-3-12-27-19)24-13-17(25)14-28-18-8-6-16(21)7-9-18/h3,5-9,12,17,25H,2,4,10-11,13-15H2,1H3,(H2,22,23,24). The molecule has 2 rings (SSSR count). The third-order valence-corrected chi connectivity index (χ3v) is 3.64. The first-order valence-electron chi connectivity index (χ1n) is 9.36. The number of benzene rings is 1. The Balaban J connectivity index is 1.62. The van der Waals surface area contributed by atoms with Crippen molar-refractivity contribution in [2.45, 2.75) is 26.1 Å². The van der Waals surface area contributed by atoms with Crippen LogP contribution in [-0.2, 0) is 11.3 Å². The van der Waals surface area contributed by atoms with E-state index >= 15 is 0 Å². The quantitative estimate of drug-likeness (QED) is 0.291. The largest absolute Gasteiger partial charge is 0.491 e. The maximum atomic E-state index is 12.9. The Morgan fingerprint density at radius 3 is 2.79 bits per heavy atom. The normalized spacial score (nSPS) is 12.6. The van der Waals surface area contributed by atoms with Crippen LogP contribution in [0.15, 0.2) is 52.1 Å². The number of aliphatic imine (C=N–C) groups is 1. The number of hydrogen-bond acceptors (Lipinski definition) is 5. The number of nitrogens with one attached hydrogen (secondary N) is 2. The van der Waals surface area contributed by atoms with E-state index in [2.05, 4.69) is 15.6 Å². The molecule has 1 aromatic heterocycles. The van der Waals surface area contributed by atoms with Gasteiger partial charge in [0.05, 0.1) is 12.8 Å². The summed E-state index contributed by atoms with van der Waals surface area (Å²) < 4.78 is 29.0. The van der Waals surface area contributed by atoms with E-state index < -0.39 is 6.10 Å². The maximum Gasteiger partial charge on any atom is 0.191 e. The molecule has 28 heavy (non-hydrogen) atoms. The third-order valence-electron chi connectivity index (χ3n) is 3.64. The summed E-state index contributed by atoms with van der Waals surface area (Å²) in [5, 5.41) is 16.3. The van der Waals surface area contributed by atoms with Crippen LogP contribution in [0.1, 0.15) is 19.1 Å². The second kappa shape index (κ2) is 12.7. The van der Waals surface area contributed by atoms with Crippen molar-refractivity contribution in [2.75, 3.05) is 32.8 Å². The molecule has 1 unspecified atom stereocenters. The second-order valence-corrected chi connectivity index (χ2v) is 6.05. The van der Waals surface area contributed by atoms with Gasteiger partial charge in [-0.3, -0.25) is 4.99 Å². The molecule has 0 bridgehead atoms. The molecule has 0 aliphatic heterocycles. The third kappa shape index (κ3) is 8.88. The number of aliphatic hydroxyl groups is 1. The molecule has 0 saturated carbocycles. The minimum atomic E-state index is -0.767. The highest BCUT2D eigenvalue weighted by molar-refractivity contribution is 5.79. The van der Waals surface area contributed by atoms with Crippen LogP contribution in [-0.4, -0.2) is 50.0 Å². The Hall–Kier alpha value is -2.58. The number of guanidine groups is 1. The molecule has 0 spiro atoms. The van der Waals surface area contributed by atoms with Crippen LogP contribution in [0.25, 0.3) is 0 Å². The van der Waals surface area contributed by atoms with E-state index in [0.29, 0.717) is 38.0 Å². The number of halogens is 1. The Kier molecular flexibility index (Phi) is 9.88. The second-order valence-electron chi connectivity index (χ2n) is 6.05. The van der Waals surface area contributed by atoms with Crippen molar-refractivity contribution in [2.24, 2.45) is 4.99 Å². The highest BCUT2D eigenvalue weighted by Gasteiger charge is 2.06. The van der Waals surface area contributed by atoms with E-state index in [-0.39, 0.29) is 19.0 Å². The molecule has 2 aromatic rings. The first-order chi connectivity index (χ1) is 13.7. The summed E-state index contributed by atoms with van der Waals surface area (Å²) in [5.41, 5.74) is 0. The van der Waals surface area contributed by atoms with E-state index in [4.69, 9.17) is 13.9 Å². The fourth-order valence-corrected chi connectivity index (χ4v) is 2.26. The SMILES string of the molecule is CCNC(=NCC(O)COc1ccc(F)cc1)NCCCOCc1ccco1. The topological polar surface area (TPSA) is 88.3 Å². The van der Waals surface area contributed by atoms with Crippen LogP contribution >= 0.6 is 0 Å². The van der Waals surface area contributed by atoms with E-state index in [1.54, 1.807) is 6.26 Å². The van der Waals surface area contributed by atoms with Crippen LogP contribution in [0.4, 0.5) is 4.39 Å². The molecule has 0 aliphatic rings. The number of aliphatic hydroxyl groups excluding tert-OH is 1. The lowest BCUT2D eigenvalue weighted by Crippen LogP contribution is -2.39. The molecule has 7 nitrogen and oxygen atoms in total. The molecular weight excluding hydrogens is 365 g/mol. The summed E-state index contributed by atoms with van der Waals surface area (Å²) in [7, 11) is 0. The summed E-state index contributed by atoms with van der Waals surface area (Å²) in [6, 6.07) is 9.37. The van der Waals surface area contributed by atoms with Crippen molar-refractivity contribution < 1.29 is 23.4 Å². The van der Waals surface area contributed by atoms with Crippen molar-refractivity contribution in [3.8, 4) is 5.75 Å². The fraction of sp³-hybridized carbons (Fsp3) is 0.450. The Bertz CT molecular complexity index is 677. The average molecular weight is 393 g/mol. The van der Waals surface area contributed by atoms with Gasteiger partial charge >= 0.3 is 0 Å². The first kappa shape index (κ1) is 21.7. The van der Waals surface area contributed by atoms with Crippen molar-refractivity contribution in [3.05, 3.63) is 54.2 Å². The Labute approximate surface area is 164 Å². The zero-order valence-corrected chi connectivity index (χ0v) is 16.1. The molecule has 154 valence electrons. The van der Waals surface area contributed by atoms with E-state index in [0.717, 1.165) is 12.2 Å². The summed E-state index contributed by atoms with van der Waals surface area (Å²) in [4.78, 5) is 4.35. The van der Waals surface area contributed by atoms with Gasteiger partial charge in [0.25, 0.3) is 0 Å². The number of ether oxygens (including phenoxy) is 2. The molecule has 0 amide bonds. The summed E-state index contributed by atoms with van der Waals surface area (Å²) in [5.74, 6) is 1.60. The lowest BCUT2D eigenvalue weighted by molar-refractivity contribution is 0.105.